The van der Waals surface area contributed by atoms with E-state index in [1.165, 1.54) is 37.0 Å². The van der Waals surface area contributed by atoms with Crippen LogP contribution in [0.2, 0.25) is 0 Å². The average molecular weight is 453 g/mol. The molecule has 0 spiro atoms. The van der Waals surface area contributed by atoms with Crippen molar-refractivity contribution in [2.75, 3.05) is 31.5 Å². The predicted octanol–water partition coefficient (Wildman–Crippen LogP) is 4.41. The Morgan fingerprint density at radius 2 is 1.75 bits per heavy atom. The van der Waals surface area contributed by atoms with Gasteiger partial charge in [0.1, 0.15) is 0 Å². The lowest BCUT2D eigenvalue weighted by Crippen LogP contribution is -2.40. The van der Waals surface area contributed by atoms with E-state index in [9.17, 15) is 9.59 Å². The summed E-state index contributed by atoms with van der Waals surface area (Å²) in [6.07, 6.45) is 9.99. The molecule has 0 unspecified atom stereocenters. The molecule has 0 atom stereocenters. The number of likely N-dealkylation sites (tertiary alicyclic amines) is 2. The highest BCUT2D eigenvalue weighted by Crippen LogP contribution is 2.23. The summed E-state index contributed by atoms with van der Waals surface area (Å²) < 4.78 is 0. The minimum Gasteiger partial charge on any atom is -0.339 e. The minimum absolute atomic E-state index is 0.00536. The van der Waals surface area contributed by atoms with Crippen LogP contribution in [0.1, 0.15) is 49.8 Å². The zero-order chi connectivity index (χ0) is 22.2. The second-order valence-electron chi connectivity index (χ2n) is 8.67. The topological polar surface area (TPSA) is 65.5 Å². The molecule has 6 nitrogen and oxygen atoms in total. The third-order valence-electron chi connectivity index (χ3n) is 6.26. The summed E-state index contributed by atoms with van der Waals surface area (Å²) in [7, 11) is 0. The van der Waals surface area contributed by atoms with Gasteiger partial charge < -0.3 is 10.2 Å². The van der Waals surface area contributed by atoms with Crippen molar-refractivity contribution in [2.24, 2.45) is 5.92 Å². The quantitative estimate of drug-likeness (QED) is 0.660. The van der Waals surface area contributed by atoms with E-state index >= 15 is 0 Å². The molecule has 2 aliphatic rings. The normalized spacial score (nSPS) is 18.6. The summed E-state index contributed by atoms with van der Waals surface area (Å²) >= 11 is 1.50. The largest absolute Gasteiger partial charge is 0.339 e. The number of anilines is 1. The van der Waals surface area contributed by atoms with Crippen LogP contribution in [0.15, 0.2) is 41.8 Å². The lowest BCUT2D eigenvalue weighted by Gasteiger charge is -2.30. The van der Waals surface area contributed by atoms with Crippen LogP contribution in [0, 0.1) is 5.92 Å². The first-order valence-electron chi connectivity index (χ1n) is 11.7. The van der Waals surface area contributed by atoms with E-state index in [2.05, 4.69) is 20.6 Å². The number of nitrogens with zero attached hydrogens (tertiary/aromatic N) is 3. The molecule has 7 heteroatoms. The third-order valence-corrected chi connectivity index (χ3v) is 7.07. The molecule has 1 aromatic heterocycles. The fraction of sp³-hybridized carbons (Fsp3) is 0.480. The number of carbonyl (C=O) groups is 2. The maximum atomic E-state index is 12.7. The maximum Gasteiger partial charge on any atom is 0.246 e. The molecule has 2 saturated heterocycles. The van der Waals surface area contributed by atoms with Crippen molar-refractivity contribution in [1.29, 1.82) is 0 Å². The number of aromatic nitrogens is 1. The van der Waals surface area contributed by atoms with Crippen LogP contribution in [-0.2, 0) is 16.1 Å². The van der Waals surface area contributed by atoms with E-state index in [0.29, 0.717) is 31.1 Å². The van der Waals surface area contributed by atoms with Gasteiger partial charge in [0.15, 0.2) is 5.13 Å². The molecule has 32 heavy (non-hydrogen) atoms. The SMILES string of the molecule is O=C(Nc1nc(CN2CCCCCC2)cs1)C1CCN(C(=O)/C=C/c2ccccc2)CC1. The van der Waals surface area contributed by atoms with Gasteiger partial charge in [0.05, 0.1) is 5.69 Å². The van der Waals surface area contributed by atoms with Crippen LogP contribution >= 0.6 is 11.3 Å². The van der Waals surface area contributed by atoms with Crippen LogP contribution in [0.4, 0.5) is 5.13 Å². The molecule has 170 valence electrons. The van der Waals surface area contributed by atoms with E-state index in [-0.39, 0.29) is 17.7 Å². The number of rotatable bonds is 6. The average Bonchev–Trinajstić information content (AvgIpc) is 3.10. The Kier molecular flexibility index (Phi) is 8.07. The lowest BCUT2D eigenvalue weighted by atomic mass is 9.96. The fourth-order valence-electron chi connectivity index (χ4n) is 4.37. The monoisotopic (exact) mass is 452 g/mol. The summed E-state index contributed by atoms with van der Waals surface area (Å²) in [4.78, 5) is 34.1. The van der Waals surface area contributed by atoms with E-state index < -0.39 is 0 Å². The molecular weight excluding hydrogens is 420 g/mol. The Labute approximate surface area is 194 Å². The van der Waals surface area contributed by atoms with Crippen LogP contribution < -0.4 is 5.32 Å². The fourth-order valence-corrected chi connectivity index (χ4v) is 5.07. The maximum absolute atomic E-state index is 12.7. The summed E-state index contributed by atoms with van der Waals surface area (Å²) in [5.41, 5.74) is 2.05. The second kappa shape index (κ2) is 11.4. The molecule has 2 aromatic rings. The summed E-state index contributed by atoms with van der Waals surface area (Å²) in [6.45, 7) is 4.35. The standard InChI is InChI=1S/C25H32N4O2S/c30-23(11-10-20-8-4-3-5-9-20)29-16-12-21(13-17-29)24(31)27-25-26-22(19-32-25)18-28-14-6-1-2-7-15-28/h3-5,8-11,19,21H,1-2,6-7,12-18H2,(H,26,27,31)/b11-10+. The molecule has 2 aliphatic heterocycles. The van der Waals surface area contributed by atoms with Crippen molar-refractivity contribution in [2.45, 2.75) is 45.1 Å². The summed E-state index contributed by atoms with van der Waals surface area (Å²) in [5.74, 6) is -0.0477. The first-order chi connectivity index (χ1) is 15.7. The first-order valence-corrected chi connectivity index (χ1v) is 12.5. The van der Waals surface area contributed by atoms with Gasteiger partial charge in [-0.05, 0) is 50.4 Å². The smallest absolute Gasteiger partial charge is 0.246 e. The number of benzene rings is 1. The third kappa shape index (κ3) is 6.50. The van der Waals surface area contributed by atoms with Crippen molar-refractivity contribution in [3.63, 3.8) is 0 Å². The second-order valence-corrected chi connectivity index (χ2v) is 9.53. The van der Waals surface area contributed by atoms with Gasteiger partial charge in [-0.15, -0.1) is 11.3 Å². The molecule has 3 heterocycles. The minimum atomic E-state index is -0.0740. The number of nitrogens with one attached hydrogen (secondary N) is 1. The molecule has 0 aliphatic carbocycles. The van der Waals surface area contributed by atoms with Crippen molar-refractivity contribution in [3.05, 3.63) is 53.0 Å². The Balaban J connectivity index is 1.22. The number of hydrogen-bond acceptors (Lipinski definition) is 5. The molecule has 2 fully saturated rings. The van der Waals surface area contributed by atoms with Crippen molar-refractivity contribution in [3.8, 4) is 0 Å². The van der Waals surface area contributed by atoms with E-state index in [0.717, 1.165) is 30.9 Å². The highest BCUT2D eigenvalue weighted by Gasteiger charge is 2.27. The van der Waals surface area contributed by atoms with Crippen molar-refractivity contribution < 1.29 is 9.59 Å². The van der Waals surface area contributed by atoms with Gasteiger partial charge >= 0.3 is 0 Å². The molecule has 0 bridgehead atoms. The zero-order valence-corrected chi connectivity index (χ0v) is 19.4. The van der Waals surface area contributed by atoms with Crippen molar-refractivity contribution >= 4 is 34.4 Å². The van der Waals surface area contributed by atoms with Gasteiger partial charge in [0.25, 0.3) is 0 Å². The molecule has 4 rings (SSSR count). The van der Waals surface area contributed by atoms with Crippen molar-refractivity contribution in [1.82, 2.24) is 14.8 Å². The molecule has 1 N–H and O–H groups in total. The first kappa shape index (κ1) is 22.7. The molecule has 1 aromatic carbocycles. The predicted molar refractivity (Wildman–Crippen MR) is 129 cm³/mol. The van der Waals surface area contributed by atoms with E-state index in [4.69, 9.17) is 0 Å². The van der Waals surface area contributed by atoms with Crippen LogP contribution in [0.5, 0.6) is 0 Å². The van der Waals surface area contributed by atoms with Gasteiger partial charge in [-0.2, -0.15) is 0 Å². The zero-order valence-electron chi connectivity index (χ0n) is 18.5. The lowest BCUT2D eigenvalue weighted by molar-refractivity contribution is -0.130. The molecule has 0 saturated carbocycles. The number of carbonyl (C=O) groups excluding carboxylic acids is 2. The number of hydrogen-bond donors (Lipinski definition) is 1. The van der Waals surface area contributed by atoms with Gasteiger partial charge in [-0.1, -0.05) is 43.2 Å². The molecular formula is C25H32N4O2S. The Morgan fingerprint density at radius 1 is 1.03 bits per heavy atom. The number of amides is 2. The van der Waals surface area contributed by atoms with E-state index in [1.807, 2.05) is 41.3 Å². The van der Waals surface area contributed by atoms with Crippen LogP contribution in [-0.4, -0.2) is 52.8 Å². The number of piperidine rings is 1. The van der Waals surface area contributed by atoms with E-state index in [1.54, 1.807) is 6.08 Å². The van der Waals surface area contributed by atoms with Gasteiger partial charge in [-0.3, -0.25) is 14.5 Å². The Morgan fingerprint density at radius 3 is 2.47 bits per heavy atom. The van der Waals surface area contributed by atoms with Crippen LogP contribution in [0.25, 0.3) is 6.08 Å². The van der Waals surface area contributed by atoms with Gasteiger partial charge in [-0.25, -0.2) is 4.98 Å². The highest BCUT2D eigenvalue weighted by molar-refractivity contribution is 7.13. The summed E-state index contributed by atoms with van der Waals surface area (Å²) in [5, 5.41) is 5.75. The summed E-state index contributed by atoms with van der Waals surface area (Å²) in [6, 6.07) is 9.80. The van der Waals surface area contributed by atoms with Gasteiger partial charge in [0, 0.05) is 37.0 Å². The molecule has 0 radical (unpaired) electrons. The highest BCUT2D eigenvalue weighted by atomic mass is 32.1. The Hall–Kier alpha value is -2.51. The van der Waals surface area contributed by atoms with Gasteiger partial charge in [0.2, 0.25) is 11.8 Å². The Bertz CT molecular complexity index is 911. The molecule has 2 amide bonds. The van der Waals surface area contributed by atoms with Crippen LogP contribution in [0.3, 0.4) is 0 Å². The number of thiazole rings is 1.